The number of piperidine rings is 1. The molecule has 0 aromatic heterocycles. The number of hydrogen-bond donors (Lipinski definition) is 1. The monoisotopic (exact) mass is 286 g/mol. The van der Waals surface area contributed by atoms with Gasteiger partial charge < -0.3 is 19.7 Å². The van der Waals surface area contributed by atoms with Gasteiger partial charge in [0.05, 0.1) is 18.6 Å². The van der Waals surface area contributed by atoms with Crippen molar-refractivity contribution >= 4 is 5.91 Å². The van der Waals surface area contributed by atoms with Crippen molar-refractivity contribution in [3.63, 3.8) is 0 Å². The Bertz CT molecular complexity index is 265. The molecule has 1 amide bonds. The molecule has 1 heterocycles. The Balaban J connectivity index is 2.75. The van der Waals surface area contributed by atoms with Gasteiger partial charge in [0.2, 0.25) is 5.91 Å². The van der Waals surface area contributed by atoms with E-state index in [1.165, 1.54) is 0 Å². The third-order valence-corrected chi connectivity index (χ3v) is 4.07. The molecule has 1 atom stereocenters. The van der Waals surface area contributed by atoms with Crippen LogP contribution in [-0.2, 0) is 14.3 Å². The van der Waals surface area contributed by atoms with Crippen LogP contribution in [0.15, 0.2) is 0 Å². The van der Waals surface area contributed by atoms with Crippen LogP contribution in [0, 0.1) is 5.41 Å². The Morgan fingerprint density at radius 3 is 2.35 bits per heavy atom. The van der Waals surface area contributed by atoms with Gasteiger partial charge >= 0.3 is 0 Å². The molecule has 0 radical (unpaired) electrons. The SMILES string of the molecule is CCCC1(C(=O)N(CCOC)CCOC)CCCNC1. The lowest BCUT2D eigenvalue weighted by Gasteiger charge is -2.40. The third-order valence-electron chi connectivity index (χ3n) is 4.07. The molecular weight excluding hydrogens is 256 g/mol. The smallest absolute Gasteiger partial charge is 0.230 e. The molecule has 20 heavy (non-hydrogen) atoms. The van der Waals surface area contributed by atoms with E-state index in [2.05, 4.69) is 12.2 Å². The summed E-state index contributed by atoms with van der Waals surface area (Å²) in [7, 11) is 3.34. The van der Waals surface area contributed by atoms with Crippen molar-refractivity contribution < 1.29 is 14.3 Å². The predicted octanol–water partition coefficient (Wildman–Crippen LogP) is 1.28. The average molecular weight is 286 g/mol. The molecule has 0 bridgehead atoms. The topological polar surface area (TPSA) is 50.8 Å². The van der Waals surface area contributed by atoms with E-state index in [9.17, 15) is 4.79 Å². The summed E-state index contributed by atoms with van der Waals surface area (Å²) in [6.45, 7) is 6.41. The highest BCUT2D eigenvalue weighted by Gasteiger charge is 2.41. The maximum absolute atomic E-state index is 13.0. The average Bonchev–Trinajstić information content (AvgIpc) is 2.48. The van der Waals surface area contributed by atoms with Crippen LogP contribution in [0.1, 0.15) is 32.6 Å². The first-order valence-electron chi connectivity index (χ1n) is 7.68. The Morgan fingerprint density at radius 2 is 1.90 bits per heavy atom. The first-order valence-corrected chi connectivity index (χ1v) is 7.68. The lowest BCUT2D eigenvalue weighted by Crippen LogP contribution is -2.53. The van der Waals surface area contributed by atoms with Crippen LogP contribution in [0.5, 0.6) is 0 Å². The van der Waals surface area contributed by atoms with Crippen molar-refractivity contribution in [2.24, 2.45) is 5.41 Å². The molecule has 1 fully saturated rings. The second-order valence-corrected chi connectivity index (χ2v) is 5.59. The van der Waals surface area contributed by atoms with Crippen molar-refractivity contribution in [3.8, 4) is 0 Å². The predicted molar refractivity (Wildman–Crippen MR) is 79.8 cm³/mol. The van der Waals surface area contributed by atoms with Crippen LogP contribution < -0.4 is 5.32 Å². The van der Waals surface area contributed by atoms with Gasteiger partial charge in [-0.3, -0.25) is 4.79 Å². The third kappa shape index (κ3) is 4.72. The Labute approximate surface area is 123 Å². The van der Waals surface area contributed by atoms with Crippen LogP contribution in [0.4, 0.5) is 0 Å². The van der Waals surface area contributed by atoms with E-state index in [-0.39, 0.29) is 11.3 Å². The second kappa shape index (κ2) is 9.32. The van der Waals surface area contributed by atoms with Crippen molar-refractivity contribution in [1.82, 2.24) is 10.2 Å². The summed E-state index contributed by atoms with van der Waals surface area (Å²) >= 11 is 0. The first-order chi connectivity index (χ1) is 9.70. The molecule has 1 aliphatic rings. The number of hydrogen-bond acceptors (Lipinski definition) is 4. The van der Waals surface area contributed by atoms with E-state index in [0.29, 0.717) is 26.3 Å². The normalized spacial score (nSPS) is 22.8. The number of nitrogens with one attached hydrogen (secondary N) is 1. The quantitative estimate of drug-likeness (QED) is 0.694. The maximum atomic E-state index is 13.0. The molecule has 1 N–H and O–H groups in total. The molecule has 1 aliphatic heterocycles. The minimum Gasteiger partial charge on any atom is -0.383 e. The number of nitrogens with zero attached hydrogens (tertiary/aromatic N) is 1. The highest BCUT2D eigenvalue weighted by molar-refractivity contribution is 5.83. The summed E-state index contributed by atoms with van der Waals surface area (Å²) in [4.78, 5) is 14.9. The van der Waals surface area contributed by atoms with E-state index >= 15 is 0 Å². The molecule has 1 unspecified atom stereocenters. The zero-order valence-electron chi connectivity index (χ0n) is 13.2. The highest BCUT2D eigenvalue weighted by Crippen LogP contribution is 2.33. The van der Waals surface area contributed by atoms with Gasteiger partial charge in [-0.25, -0.2) is 0 Å². The number of amides is 1. The molecule has 118 valence electrons. The molecule has 0 aromatic carbocycles. The number of carbonyl (C=O) groups excluding carboxylic acids is 1. The fraction of sp³-hybridized carbons (Fsp3) is 0.933. The molecule has 5 nitrogen and oxygen atoms in total. The molecule has 0 aromatic rings. The van der Waals surface area contributed by atoms with Crippen LogP contribution in [0.25, 0.3) is 0 Å². The van der Waals surface area contributed by atoms with Gasteiger partial charge in [0.1, 0.15) is 0 Å². The van der Waals surface area contributed by atoms with E-state index in [1.807, 2.05) is 4.90 Å². The zero-order valence-corrected chi connectivity index (χ0v) is 13.2. The van der Waals surface area contributed by atoms with E-state index < -0.39 is 0 Å². The Hall–Kier alpha value is -0.650. The summed E-state index contributed by atoms with van der Waals surface area (Å²) in [6, 6.07) is 0. The second-order valence-electron chi connectivity index (χ2n) is 5.59. The van der Waals surface area contributed by atoms with Gasteiger partial charge in [0.25, 0.3) is 0 Å². The van der Waals surface area contributed by atoms with Crippen LogP contribution in [0.2, 0.25) is 0 Å². The fourth-order valence-corrected chi connectivity index (χ4v) is 3.00. The number of methoxy groups -OCH3 is 2. The summed E-state index contributed by atoms with van der Waals surface area (Å²) in [6.07, 6.45) is 4.06. The first kappa shape index (κ1) is 17.4. The van der Waals surface area contributed by atoms with E-state index in [0.717, 1.165) is 38.8 Å². The van der Waals surface area contributed by atoms with Crippen LogP contribution in [0.3, 0.4) is 0 Å². The zero-order chi connectivity index (χ0) is 14.8. The van der Waals surface area contributed by atoms with Gasteiger partial charge in [-0.15, -0.1) is 0 Å². The fourth-order valence-electron chi connectivity index (χ4n) is 3.00. The summed E-state index contributed by atoms with van der Waals surface area (Å²) in [5.74, 6) is 0.264. The van der Waals surface area contributed by atoms with E-state index in [1.54, 1.807) is 14.2 Å². The van der Waals surface area contributed by atoms with Gasteiger partial charge in [-0.05, 0) is 25.8 Å². The van der Waals surface area contributed by atoms with Gasteiger partial charge in [-0.2, -0.15) is 0 Å². The molecule has 0 spiro atoms. The van der Waals surface area contributed by atoms with Crippen LogP contribution in [-0.4, -0.2) is 64.4 Å². The lowest BCUT2D eigenvalue weighted by molar-refractivity contribution is -0.145. The standard InChI is InChI=1S/C15H30N2O3/c1-4-6-15(7-5-8-16-13-15)14(18)17(9-11-19-2)10-12-20-3/h16H,4-13H2,1-3H3. The number of rotatable bonds is 9. The molecule has 1 saturated heterocycles. The van der Waals surface area contributed by atoms with Crippen molar-refractivity contribution in [1.29, 1.82) is 0 Å². The molecule has 5 heteroatoms. The molecular formula is C15H30N2O3. The highest BCUT2D eigenvalue weighted by atomic mass is 16.5. The molecule has 0 aliphatic carbocycles. The van der Waals surface area contributed by atoms with Crippen molar-refractivity contribution in [2.75, 3.05) is 53.6 Å². The minimum absolute atomic E-state index is 0.228. The Morgan fingerprint density at radius 1 is 1.25 bits per heavy atom. The van der Waals surface area contributed by atoms with Crippen molar-refractivity contribution in [2.45, 2.75) is 32.6 Å². The molecule has 1 rings (SSSR count). The van der Waals surface area contributed by atoms with Gasteiger partial charge in [-0.1, -0.05) is 13.3 Å². The number of carbonyl (C=O) groups is 1. The summed E-state index contributed by atoms with van der Waals surface area (Å²) < 4.78 is 10.3. The number of ether oxygens (including phenoxy) is 2. The maximum Gasteiger partial charge on any atom is 0.230 e. The van der Waals surface area contributed by atoms with Crippen LogP contribution >= 0.6 is 0 Å². The largest absolute Gasteiger partial charge is 0.383 e. The minimum atomic E-state index is -0.228. The Kier molecular flexibility index (Phi) is 8.11. The molecule has 0 saturated carbocycles. The summed E-state index contributed by atoms with van der Waals surface area (Å²) in [5, 5.41) is 3.40. The van der Waals surface area contributed by atoms with Gasteiger partial charge in [0, 0.05) is 33.9 Å². The van der Waals surface area contributed by atoms with E-state index in [4.69, 9.17) is 9.47 Å². The summed E-state index contributed by atoms with van der Waals surface area (Å²) in [5.41, 5.74) is -0.228. The lowest BCUT2D eigenvalue weighted by atomic mass is 9.75. The van der Waals surface area contributed by atoms with Gasteiger partial charge in [0.15, 0.2) is 0 Å². The van der Waals surface area contributed by atoms with Crippen molar-refractivity contribution in [3.05, 3.63) is 0 Å².